The van der Waals surface area contributed by atoms with Gasteiger partial charge in [0.1, 0.15) is 11.4 Å². The zero-order chi connectivity index (χ0) is 20.4. The number of anilines is 1. The van der Waals surface area contributed by atoms with E-state index in [1.54, 1.807) is 4.90 Å². The molecule has 2 rings (SSSR count). The second kappa shape index (κ2) is 7.89. The normalized spacial score (nSPS) is 15.6. The van der Waals surface area contributed by atoms with Gasteiger partial charge in [0.2, 0.25) is 0 Å². The van der Waals surface area contributed by atoms with Crippen LogP contribution < -0.4 is 14.8 Å². The largest absolute Gasteiger partial charge is 0.488 e. The number of nitrogens with two attached hydrogens (primary N) is 1. The van der Waals surface area contributed by atoms with Crippen molar-refractivity contribution in [3.63, 3.8) is 0 Å². The molecule has 0 aromatic heterocycles. The fourth-order valence-electron chi connectivity index (χ4n) is 2.89. The highest BCUT2D eigenvalue weighted by Gasteiger charge is 2.27. The Hall–Kier alpha value is -2.07. The molecule has 1 aromatic rings. The Morgan fingerprint density at radius 3 is 2.30 bits per heavy atom. The van der Waals surface area contributed by atoms with Crippen molar-refractivity contribution in [1.29, 1.82) is 0 Å². The Kier molecular flexibility index (Phi) is 6.21. The van der Waals surface area contributed by atoms with Gasteiger partial charge in [-0.2, -0.15) is 8.42 Å². The summed E-state index contributed by atoms with van der Waals surface area (Å²) in [6.45, 7) is 9.34. The summed E-state index contributed by atoms with van der Waals surface area (Å²) in [6, 6.07) is 2.88. The minimum atomic E-state index is -5.13. The Balaban J connectivity index is 2.17. The molecule has 27 heavy (non-hydrogen) atoms. The molecule has 2 N–H and O–H groups in total. The van der Waals surface area contributed by atoms with Crippen molar-refractivity contribution >= 4 is 22.3 Å². The van der Waals surface area contributed by atoms with Crippen LogP contribution in [-0.4, -0.2) is 51.2 Å². The molecule has 0 atom stereocenters. The maximum atomic E-state index is 12.9. The molecule has 0 bridgehead atoms. The highest BCUT2D eigenvalue weighted by Crippen LogP contribution is 2.31. The molecule has 0 unspecified atom stereocenters. The van der Waals surface area contributed by atoms with Crippen LogP contribution in [-0.2, 0) is 21.8 Å². The third kappa shape index (κ3) is 5.96. The van der Waals surface area contributed by atoms with E-state index < -0.39 is 16.1 Å². The highest BCUT2D eigenvalue weighted by atomic mass is 32.3. The van der Waals surface area contributed by atoms with Crippen LogP contribution in [0.4, 0.5) is 14.4 Å². The van der Waals surface area contributed by atoms with E-state index in [0.717, 1.165) is 5.56 Å². The average molecular weight is 403 g/mol. The van der Waals surface area contributed by atoms with Crippen molar-refractivity contribution in [2.24, 2.45) is 5.73 Å². The monoisotopic (exact) mass is 403 g/mol. The lowest BCUT2D eigenvalue weighted by molar-refractivity contribution is 0.0240. The molecule has 0 saturated carbocycles. The van der Waals surface area contributed by atoms with Gasteiger partial charge in [0.25, 0.3) is 0 Å². The Labute approximate surface area is 159 Å². The number of rotatable bonds is 4. The van der Waals surface area contributed by atoms with E-state index in [-0.39, 0.29) is 18.4 Å². The number of benzene rings is 1. The lowest BCUT2D eigenvalue weighted by Crippen LogP contribution is -2.50. The van der Waals surface area contributed by atoms with Gasteiger partial charge < -0.3 is 24.5 Å². The smallest absolute Gasteiger partial charge is 0.444 e. The van der Waals surface area contributed by atoms with E-state index in [1.807, 2.05) is 32.6 Å². The van der Waals surface area contributed by atoms with E-state index in [4.69, 9.17) is 10.5 Å². The number of nitrogens with zero attached hydrogens (tertiary/aromatic N) is 2. The fourth-order valence-corrected chi connectivity index (χ4v) is 3.22. The first-order valence-electron chi connectivity index (χ1n) is 8.60. The predicted octanol–water partition coefficient (Wildman–Crippen LogP) is 2.10. The summed E-state index contributed by atoms with van der Waals surface area (Å²) in [6.07, 6.45) is -0.373. The maximum Gasteiger partial charge on any atom is 0.488 e. The number of carbonyl (C=O) groups is 1. The van der Waals surface area contributed by atoms with E-state index in [1.165, 1.54) is 12.1 Å². The van der Waals surface area contributed by atoms with E-state index in [0.29, 0.717) is 37.4 Å². The molecule has 1 fully saturated rings. The summed E-state index contributed by atoms with van der Waals surface area (Å²) in [5, 5.41) is 0. The van der Waals surface area contributed by atoms with Crippen LogP contribution in [0.2, 0.25) is 0 Å². The highest BCUT2D eigenvalue weighted by molar-refractivity contribution is 7.81. The third-order valence-electron chi connectivity index (χ3n) is 4.15. The molecule has 152 valence electrons. The molecule has 8 nitrogen and oxygen atoms in total. The number of carbonyl (C=O) groups excluding carboxylic acids is 1. The van der Waals surface area contributed by atoms with Gasteiger partial charge in [0.05, 0.1) is 0 Å². The molecule has 1 heterocycles. The molecule has 1 amide bonds. The Bertz CT molecular complexity index is 800. The van der Waals surface area contributed by atoms with Crippen LogP contribution in [0.15, 0.2) is 12.1 Å². The lowest BCUT2D eigenvalue weighted by atomic mass is 10.0. The van der Waals surface area contributed by atoms with Crippen LogP contribution >= 0.6 is 0 Å². The minimum absolute atomic E-state index is 0.131. The molecule has 1 saturated heterocycles. The number of amides is 1. The summed E-state index contributed by atoms with van der Waals surface area (Å²) < 4.78 is 44.3. The Morgan fingerprint density at radius 2 is 1.81 bits per heavy atom. The molecular formula is C17H26FN3O5S. The van der Waals surface area contributed by atoms with E-state index >= 15 is 0 Å². The second-order valence-electron chi connectivity index (χ2n) is 7.36. The van der Waals surface area contributed by atoms with Gasteiger partial charge >= 0.3 is 16.6 Å². The number of ether oxygens (including phenoxy) is 1. The zero-order valence-electron chi connectivity index (χ0n) is 16.0. The molecule has 1 aliphatic heterocycles. The quantitative estimate of drug-likeness (QED) is 0.768. The fraction of sp³-hybridized carbons (Fsp3) is 0.588. The van der Waals surface area contributed by atoms with Crippen molar-refractivity contribution in [3.05, 3.63) is 23.3 Å². The number of hydrogen-bond acceptors (Lipinski definition) is 7. The predicted molar refractivity (Wildman–Crippen MR) is 99.7 cm³/mol. The summed E-state index contributed by atoms with van der Waals surface area (Å²) in [5.41, 5.74) is 7.35. The molecule has 1 aromatic carbocycles. The average Bonchev–Trinajstić information content (AvgIpc) is 2.53. The van der Waals surface area contributed by atoms with Gasteiger partial charge in [0, 0.05) is 44.5 Å². The van der Waals surface area contributed by atoms with Crippen molar-refractivity contribution < 1.29 is 26.0 Å². The molecule has 10 heteroatoms. The number of halogens is 1. The van der Waals surface area contributed by atoms with Gasteiger partial charge in [-0.1, -0.05) is 3.89 Å². The molecular weight excluding hydrogens is 377 g/mol. The number of hydrogen-bond donors (Lipinski definition) is 1. The second-order valence-corrected chi connectivity index (χ2v) is 8.31. The molecule has 0 aliphatic carbocycles. The van der Waals surface area contributed by atoms with Crippen molar-refractivity contribution in [2.75, 3.05) is 31.1 Å². The van der Waals surface area contributed by atoms with Gasteiger partial charge in [-0.3, -0.25) is 0 Å². The van der Waals surface area contributed by atoms with Gasteiger partial charge in [-0.25, -0.2) is 4.79 Å². The standard InChI is InChI=1S/C17H26FN3O5S/c1-12-13(11-19)9-14(26-27(18,23)24)10-15(12)20-5-7-21(8-6-20)16(22)25-17(2,3)4/h9-10H,5-8,11,19H2,1-4H3. The van der Waals surface area contributed by atoms with E-state index in [9.17, 15) is 17.1 Å². The van der Waals surface area contributed by atoms with Crippen LogP contribution in [0.5, 0.6) is 5.75 Å². The van der Waals surface area contributed by atoms with Crippen LogP contribution in [0.25, 0.3) is 0 Å². The third-order valence-corrected chi connectivity index (χ3v) is 4.54. The first kappa shape index (κ1) is 21.2. The topological polar surface area (TPSA) is 102 Å². The minimum Gasteiger partial charge on any atom is -0.444 e. The van der Waals surface area contributed by atoms with Gasteiger partial charge in [0.15, 0.2) is 0 Å². The summed E-state index contributed by atoms with van der Waals surface area (Å²) >= 11 is 0. The van der Waals surface area contributed by atoms with Gasteiger partial charge in [-0.15, -0.1) is 0 Å². The molecule has 0 radical (unpaired) electrons. The van der Waals surface area contributed by atoms with Crippen molar-refractivity contribution in [2.45, 2.75) is 39.8 Å². The first-order valence-corrected chi connectivity index (χ1v) is 9.91. The first-order chi connectivity index (χ1) is 12.4. The van der Waals surface area contributed by atoms with Crippen molar-refractivity contribution in [3.8, 4) is 5.75 Å². The SMILES string of the molecule is Cc1c(CN)cc(OS(=O)(=O)F)cc1N1CCN(C(=O)OC(C)(C)C)CC1. The van der Waals surface area contributed by atoms with Crippen LogP contribution in [0.1, 0.15) is 31.9 Å². The summed E-state index contributed by atoms with van der Waals surface area (Å²) in [4.78, 5) is 15.8. The van der Waals surface area contributed by atoms with Crippen molar-refractivity contribution in [1.82, 2.24) is 4.90 Å². The van der Waals surface area contributed by atoms with Crippen LogP contribution in [0, 0.1) is 6.92 Å². The maximum absolute atomic E-state index is 12.9. The zero-order valence-corrected chi connectivity index (χ0v) is 16.8. The van der Waals surface area contributed by atoms with Gasteiger partial charge in [-0.05, 0) is 44.9 Å². The number of piperazine rings is 1. The van der Waals surface area contributed by atoms with E-state index in [2.05, 4.69) is 4.18 Å². The molecule has 1 aliphatic rings. The molecule has 0 spiro atoms. The van der Waals surface area contributed by atoms with Crippen LogP contribution in [0.3, 0.4) is 0 Å². The lowest BCUT2D eigenvalue weighted by Gasteiger charge is -2.37. The summed E-state index contributed by atoms with van der Waals surface area (Å²) in [5.74, 6) is -0.131. The Morgan fingerprint density at radius 1 is 1.22 bits per heavy atom. The summed E-state index contributed by atoms with van der Waals surface area (Å²) in [7, 11) is -5.13.